The number of carbonyl (C=O) groups is 1. The molecular weight excluding hydrogens is 270 g/mol. The third-order valence-electron chi connectivity index (χ3n) is 3.22. The van der Waals surface area contributed by atoms with Gasteiger partial charge in [-0.05, 0) is 35.9 Å². The quantitative estimate of drug-likeness (QED) is 0.937. The molecule has 2 aromatic carbocycles. The van der Waals surface area contributed by atoms with Crippen molar-refractivity contribution in [2.75, 3.05) is 13.9 Å². The van der Waals surface area contributed by atoms with Gasteiger partial charge in [0.05, 0.1) is 7.11 Å². The highest BCUT2D eigenvalue weighted by Gasteiger charge is 2.16. The summed E-state index contributed by atoms with van der Waals surface area (Å²) in [6.45, 7) is 0.634. The lowest BCUT2D eigenvalue weighted by atomic mass is 10.1. The molecule has 1 aliphatic heterocycles. The van der Waals surface area contributed by atoms with Gasteiger partial charge in [0.1, 0.15) is 5.75 Å². The second-order valence-electron chi connectivity index (χ2n) is 4.60. The summed E-state index contributed by atoms with van der Waals surface area (Å²) in [4.78, 5) is 12.1. The van der Waals surface area contributed by atoms with Crippen LogP contribution in [-0.2, 0) is 6.54 Å². The van der Waals surface area contributed by atoms with Crippen molar-refractivity contribution in [3.63, 3.8) is 0 Å². The van der Waals surface area contributed by atoms with Crippen molar-refractivity contribution in [3.05, 3.63) is 53.6 Å². The molecule has 108 valence electrons. The molecule has 1 aliphatic rings. The molecule has 1 heterocycles. The Hall–Kier alpha value is -2.69. The fourth-order valence-corrected chi connectivity index (χ4v) is 2.10. The summed E-state index contributed by atoms with van der Waals surface area (Å²) in [6, 6.07) is 12.7. The number of fused-ring (bicyclic) bond motifs is 1. The van der Waals surface area contributed by atoms with Gasteiger partial charge in [0, 0.05) is 12.1 Å². The predicted molar refractivity (Wildman–Crippen MR) is 76.7 cm³/mol. The van der Waals surface area contributed by atoms with Crippen molar-refractivity contribution in [3.8, 4) is 17.2 Å². The average molecular weight is 285 g/mol. The second kappa shape index (κ2) is 5.75. The first-order valence-corrected chi connectivity index (χ1v) is 6.57. The Balaban J connectivity index is 1.66. The molecule has 0 atom stereocenters. The van der Waals surface area contributed by atoms with Crippen LogP contribution in [0.25, 0.3) is 0 Å². The van der Waals surface area contributed by atoms with Crippen LogP contribution in [0.3, 0.4) is 0 Å². The van der Waals surface area contributed by atoms with Crippen LogP contribution in [0.4, 0.5) is 0 Å². The molecule has 3 rings (SSSR count). The molecule has 2 aromatic rings. The van der Waals surface area contributed by atoms with Crippen LogP contribution >= 0.6 is 0 Å². The number of amides is 1. The van der Waals surface area contributed by atoms with E-state index in [0.717, 1.165) is 11.3 Å². The normalized spacial score (nSPS) is 12.0. The van der Waals surface area contributed by atoms with Crippen LogP contribution in [0.5, 0.6) is 17.2 Å². The van der Waals surface area contributed by atoms with E-state index in [0.29, 0.717) is 23.6 Å². The van der Waals surface area contributed by atoms with E-state index in [9.17, 15) is 4.79 Å². The molecule has 1 N–H and O–H groups in total. The van der Waals surface area contributed by atoms with E-state index in [2.05, 4.69) is 5.32 Å². The first-order valence-electron chi connectivity index (χ1n) is 6.57. The number of rotatable bonds is 4. The first-order chi connectivity index (χ1) is 10.3. The van der Waals surface area contributed by atoms with Crippen LogP contribution in [-0.4, -0.2) is 19.8 Å². The summed E-state index contributed by atoms with van der Waals surface area (Å²) in [6.07, 6.45) is 0. The summed E-state index contributed by atoms with van der Waals surface area (Å²) < 4.78 is 15.6. The summed E-state index contributed by atoms with van der Waals surface area (Å²) in [5, 5.41) is 2.87. The van der Waals surface area contributed by atoms with Gasteiger partial charge in [-0.15, -0.1) is 0 Å². The van der Waals surface area contributed by atoms with E-state index in [-0.39, 0.29) is 12.7 Å². The molecule has 0 unspecified atom stereocenters. The number of hydrogen-bond acceptors (Lipinski definition) is 4. The lowest BCUT2D eigenvalue weighted by Crippen LogP contribution is -2.22. The Morgan fingerprint density at radius 2 is 2.05 bits per heavy atom. The molecule has 21 heavy (non-hydrogen) atoms. The third-order valence-corrected chi connectivity index (χ3v) is 3.22. The molecule has 0 spiro atoms. The predicted octanol–water partition coefficient (Wildman–Crippen LogP) is 2.35. The number of hydrogen-bond donors (Lipinski definition) is 1. The van der Waals surface area contributed by atoms with Gasteiger partial charge < -0.3 is 19.5 Å². The van der Waals surface area contributed by atoms with Crippen LogP contribution in [0.1, 0.15) is 15.9 Å². The smallest absolute Gasteiger partial charge is 0.251 e. The van der Waals surface area contributed by atoms with Crippen molar-refractivity contribution < 1.29 is 19.0 Å². The van der Waals surface area contributed by atoms with Gasteiger partial charge in [0.2, 0.25) is 6.79 Å². The molecule has 0 saturated heterocycles. The van der Waals surface area contributed by atoms with Crippen LogP contribution in [0.15, 0.2) is 42.5 Å². The highest BCUT2D eigenvalue weighted by atomic mass is 16.7. The summed E-state index contributed by atoms with van der Waals surface area (Å²) in [7, 11) is 1.62. The number of nitrogens with one attached hydrogen (secondary N) is 1. The van der Waals surface area contributed by atoms with Gasteiger partial charge in [-0.3, -0.25) is 4.79 Å². The second-order valence-corrected chi connectivity index (χ2v) is 4.60. The van der Waals surface area contributed by atoms with Gasteiger partial charge in [-0.25, -0.2) is 0 Å². The molecule has 5 heteroatoms. The molecule has 0 radical (unpaired) electrons. The van der Waals surface area contributed by atoms with E-state index in [4.69, 9.17) is 14.2 Å². The van der Waals surface area contributed by atoms with Crippen LogP contribution in [0, 0.1) is 0 Å². The zero-order chi connectivity index (χ0) is 14.7. The van der Waals surface area contributed by atoms with Gasteiger partial charge in [-0.1, -0.05) is 12.1 Å². The standard InChI is InChI=1S/C16H15NO4/c1-19-13-4-2-3-11(7-13)9-17-16(18)12-5-6-14-15(8-12)21-10-20-14/h2-8H,9-10H2,1H3,(H,17,18). The lowest BCUT2D eigenvalue weighted by Gasteiger charge is -2.07. The monoisotopic (exact) mass is 285 g/mol. The van der Waals surface area contributed by atoms with Crippen molar-refractivity contribution in [1.29, 1.82) is 0 Å². The highest BCUT2D eigenvalue weighted by Crippen LogP contribution is 2.32. The van der Waals surface area contributed by atoms with E-state index < -0.39 is 0 Å². The Morgan fingerprint density at radius 1 is 1.19 bits per heavy atom. The summed E-state index contributed by atoms with van der Waals surface area (Å²) >= 11 is 0. The molecule has 0 saturated carbocycles. The number of carbonyl (C=O) groups excluding carboxylic acids is 1. The van der Waals surface area contributed by atoms with Gasteiger partial charge in [0.15, 0.2) is 11.5 Å². The number of ether oxygens (including phenoxy) is 3. The van der Waals surface area contributed by atoms with Crippen molar-refractivity contribution >= 4 is 5.91 Å². The molecule has 1 amide bonds. The minimum absolute atomic E-state index is 0.156. The molecule has 0 fully saturated rings. The zero-order valence-electron chi connectivity index (χ0n) is 11.6. The Morgan fingerprint density at radius 3 is 2.90 bits per heavy atom. The molecule has 0 aromatic heterocycles. The molecule has 5 nitrogen and oxygen atoms in total. The fourth-order valence-electron chi connectivity index (χ4n) is 2.10. The summed E-state index contributed by atoms with van der Waals surface area (Å²) in [5.74, 6) is 1.88. The van der Waals surface area contributed by atoms with E-state index in [1.54, 1.807) is 25.3 Å². The third kappa shape index (κ3) is 2.91. The van der Waals surface area contributed by atoms with Crippen molar-refractivity contribution in [2.24, 2.45) is 0 Å². The Labute approximate surface area is 122 Å². The van der Waals surface area contributed by atoms with Gasteiger partial charge in [0.25, 0.3) is 5.91 Å². The van der Waals surface area contributed by atoms with Crippen LogP contribution < -0.4 is 19.5 Å². The Bertz CT molecular complexity index is 669. The van der Waals surface area contributed by atoms with E-state index in [1.165, 1.54) is 0 Å². The first kappa shape index (κ1) is 13.3. The lowest BCUT2D eigenvalue weighted by molar-refractivity contribution is 0.0950. The van der Waals surface area contributed by atoms with Crippen LogP contribution in [0.2, 0.25) is 0 Å². The van der Waals surface area contributed by atoms with Gasteiger partial charge >= 0.3 is 0 Å². The van der Waals surface area contributed by atoms with Crippen molar-refractivity contribution in [1.82, 2.24) is 5.32 Å². The number of benzene rings is 2. The topological polar surface area (TPSA) is 56.8 Å². The highest BCUT2D eigenvalue weighted by molar-refractivity contribution is 5.94. The molecule has 0 bridgehead atoms. The maximum absolute atomic E-state index is 12.1. The number of methoxy groups -OCH3 is 1. The van der Waals surface area contributed by atoms with Gasteiger partial charge in [-0.2, -0.15) is 0 Å². The maximum atomic E-state index is 12.1. The SMILES string of the molecule is COc1cccc(CNC(=O)c2ccc3c(c2)OCO3)c1. The molecule has 0 aliphatic carbocycles. The van der Waals surface area contributed by atoms with E-state index >= 15 is 0 Å². The zero-order valence-corrected chi connectivity index (χ0v) is 11.6. The summed E-state index contributed by atoms with van der Waals surface area (Å²) in [5.41, 5.74) is 1.52. The van der Waals surface area contributed by atoms with E-state index in [1.807, 2.05) is 24.3 Å². The molecular formula is C16H15NO4. The minimum atomic E-state index is -0.156. The fraction of sp³-hybridized carbons (Fsp3) is 0.188. The largest absolute Gasteiger partial charge is 0.497 e. The maximum Gasteiger partial charge on any atom is 0.251 e. The minimum Gasteiger partial charge on any atom is -0.497 e. The Kier molecular flexibility index (Phi) is 3.64. The van der Waals surface area contributed by atoms with Crippen molar-refractivity contribution in [2.45, 2.75) is 6.54 Å². The average Bonchev–Trinajstić information content (AvgIpc) is 3.00.